The number of nitrogens with one attached hydrogen (secondary N) is 2. The normalized spacial score (nSPS) is 22.0. The first-order chi connectivity index (χ1) is 15.2. The van der Waals surface area contributed by atoms with E-state index in [0.29, 0.717) is 0 Å². The zero-order chi connectivity index (χ0) is 23.0. The number of carbonyl (C=O) groups excluding carboxylic acids is 2. The van der Waals surface area contributed by atoms with Crippen LogP contribution in [0.3, 0.4) is 0 Å². The summed E-state index contributed by atoms with van der Waals surface area (Å²) in [5.41, 5.74) is -0.367. The summed E-state index contributed by atoms with van der Waals surface area (Å²) in [4.78, 5) is 51.3. The lowest BCUT2D eigenvalue weighted by molar-refractivity contribution is -0.150. The van der Waals surface area contributed by atoms with Gasteiger partial charge < -0.3 is 15.5 Å². The zero-order valence-corrected chi connectivity index (χ0v) is 18.8. The summed E-state index contributed by atoms with van der Waals surface area (Å²) in [5.74, 6) is -3.66. The molecule has 4 heterocycles. The van der Waals surface area contributed by atoms with Crippen molar-refractivity contribution in [1.82, 2.24) is 30.8 Å². The number of carbonyl (C=O) groups is 4. The molecule has 15 heteroatoms. The molecule has 2 aliphatic heterocycles. The number of nitrogens with zero attached hydrogens (tertiary/aromatic N) is 4. The lowest BCUT2D eigenvalue weighted by Gasteiger charge is -2.50. The Bertz CT molecular complexity index is 1100. The van der Waals surface area contributed by atoms with Crippen molar-refractivity contribution in [3.8, 4) is 0 Å². The minimum absolute atomic E-state index is 0.0212. The molecule has 0 saturated carbocycles. The van der Waals surface area contributed by atoms with Crippen LogP contribution < -0.4 is 5.32 Å². The van der Waals surface area contributed by atoms with Gasteiger partial charge in [0.1, 0.15) is 21.9 Å². The summed E-state index contributed by atoms with van der Waals surface area (Å²) in [6, 6.07) is 2.74. The Kier molecular flexibility index (Phi) is 5.96. The van der Waals surface area contributed by atoms with Crippen molar-refractivity contribution in [2.45, 2.75) is 34.7 Å². The lowest BCUT2D eigenvalue weighted by Crippen LogP contribution is -2.71. The Morgan fingerprint density at radius 1 is 1.41 bits per heavy atom. The van der Waals surface area contributed by atoms with Crippen LogP contribution in [-0.2, 0) is 25.6 Å². The summed E-state index contributed by atoms with van der Waals surface area (Å²) in [5, 5.41) is 36.7. The molecule has 1 fully saturated rings. The van der Waals surface area contributed by atoms with Gasteiger partial charge in [-0.3, -0.25) is 19.3 Å². The lowest BCUT2D eigenvalue weighted by atomic mass is 9.95. The molecule has 32 heavy (non-hydrogen) atoms. The highest BCUT2D eigenvalue weighted by Crippen LogP contribution is 2.47. The van der Waals surface area contributed by atoms with Crippen LogP contribution in [0.2, 0.25) is 0 Å². The minimum Gasteiger partial charge on any atom is -0.480 e. The maximum Gasteiger partial charge on any atom is 0.352 e. The third-order valence-corrected chi connectivity index (χ3v) is 8.35. The van der Waals surface area contributed by atoms with E-state index in [-0.39, 0.29) is 28.8 Å². The van der Waals surface area contributed by atoms with Gasteiger partial charge >= 0.3 is 11.9 Å². The molecule has 2 aromatic heterocycles. The summed E-state index contributed by atoms with van der Waals surface area (Å²) in [7, 11) is 0. The number of H-pyrrole nitrogens is 1. The molecule has 168 valence electrons. The van der Waals surface area contributed by atoms with Crippen molar-refractivity contribution in [2.24, 2.45) is 0 Å². The highest BCUT2D eigenvalue weighted by molar-refractivity contribution is 8.02. The fraction of sp³-hybridized carbons (Fsp3) is 0.353. The zero-order valence-electron chi connectivity index (χ0n) is 16.3. The van der Waals surface area contributed by atoms with E-state index in [9.17, 15) is 29.4 Å². The van der Waals surface area contributed by atoms with E-state index >= 15 is 0 Å². The van der Waals surface area contributed by atoms with E-state index in [0.717, 1.165) is 21.5 Å². The standard InChI is InChI=1S/C17H16N6O6S3/c1-17(15(28)29,32-16-19-21-22-20-16)8-6-31-13-10(12(25)23(13)11(8)14(26)27)18-9(24)5-7-3-2-4-30-7/h2-4,10,13H,5-6H2,1H3,(H,18,24)(H,26,27)(H,28,29)(H,19,20,21,22)/t10?,13-,17?/m1/s1. The summed E-state index contributed by atoms with van der Waals surface area (Å²) >= 11 is 3.33. The van der Waals surface area contributed by atoms with Gasteiger partial charge in [0.05, 0.1) is 6.42 Å². The van der Waals surface area contributed by atoms with Crippen molar-refractivity contribution in [1.29, 1.82) is 0 Å². The number of aromatic amines is 1. The second-order valence-electron chi connectivity index (χ2n) is 6.98. The quantitative estimate of drug-likeness (QED) is 0.289. The molecular formula is C17H16N6O6S3. The molecule has 2 amide bonds. The number of hydrogen-bond acceptors (Lipinski definition) is 10. The molecule has 0 bridgehead atoms. The number of thioether (sulfide) groups is 2. The Morgan fingerprint density at radius 2 is 2.19 bits per heavy atom. The number of amides is 2. The van der Waals surface area contributed by atoms with Gasteiger partial charge in [0.25, 0.3) is 5.91 Å². The first kappa shape index (κ1) is 22.3. The van der Waals surface area contributed by atoms with E-state index in [1.54, 1.807) is 6.07 Å². The number of tetrazole rings is 1. The maximum atomic E-state index is 12.8. The van der Waals surface area contributed by atoms with E-state index < -0.39 is 39.7 Å². The minimum atomic E-state index is -1.76. The molecule has 4 rings (SSSR count). The summed E-state index contributed by atoms with van der Waals surface area (Å²) in [6.45, 7) is 1.33. The Labute approximate surface area is 192 Å². The van der Waals surface area contributed by atoms with Crippen LogP contribution in [0.25, 0.3) is 0 Å². The molecule has 0 spiro atoms. The number of β-lactam (4-membered cyclic amide) rings is 1. The van der Waals surface area contributed by atoms with Gasteiger partial charge in [0.15, 0.2) is 0 Å². The molecule has 1 saturated heterocycles. The molecule has 0 aromatic carbocycles. The van der Waals surface area contributed by atoms with Crippen LogP contribution in [0.1, 0.15) is 11.8 Å². The second kappa shape index (κ2) is 8.55. The fourth-order valence-electron chi connectivity index (χ4n) is 3.39. The topological polar surface area (TPSA) is 178 Å². The fourth-order valence-corrected chi connectivity index (χ4v) is 6.60. The highest BCUT2D eigenvalue weighted by Gasteiger charge is 2.57. The number of aromatic nitrogens is 4. The Balaban J connectivity index is 1.59. The van der Waals surface area contributed by atoms with Crippen LogP contribution >= 0.6 is 34.9 Å². The molecule has 4 N–H and O–H groups in total. The van der Waals surface area contributed by atoms with Gasteiger partial charge in [-0.05, 0) is 29.2 Å². The number of carboxylic acids is 2. The van der Waals surface area contributed by atoms with Crippen LogP contribution in [-0.4, -0.2) is 81.4 Å². The van der Waals surface area contributed by atoms with Crippen LogP contribution in [0.15, 0.2) is 33.9 Å². The molecular weight excluding hydrogens is 480 g/mol. The molecule has 2 aliphatic rings. The maximum absolute atomic E-state index is 12.8. The molecule has 0 aliphatic carbocycles. The average molecular weight is 497 g/mol. The van der Waals surface area contributed by atoms with Gasteiger partial charge in [-0.2, -0.15) is 5.21 Å². The number of aliphatic carboxylic acids is 2. The Hall–Kier alpha value is -2.91. The SMILES string of the molecule is CC(Sc1nn[nH]n1)(C(=O)O)C1=C(C(=O)O)N2C(=O)C(NC(=O)Cc3cccs3)[C@H]2SC1. The van der Waals surface area contributed by atoms with Gasteiger partial charge in [0, 0.05) is 10.6 Å². The van der Waals surface area contributed by atoms with Crippen molar-refractivity contribution < 1.29 is 29.4 Å². The van der Waals surface area contributed by atoms with Crippen molar-refractivity contribution >= 4 is 58.6 Å². The van der Waals surface area contributed by atoms with E-state index in [1.807, 2.05) is 11.4 Å². The van der Waals surface area contributed by atoms with E-state index in [2.05, 4.69) is 25.9 Å². The molecule has 3 atom stereocenters. The molecule has 2 unspecified atom stereocenters. The van der Waals surface area contributed by atoms with E-state index in [4.69, 9.17) is 0 Å². The number of hydrogen-bond donors (Lipinski definition) is 4. The largest absolute Gasteiger partial charge is 0.480 e. The van der Waals surface area contributed by atoms with Crippen LogP contribution in [0.4, 0.5) is 0 Å². The molecule has 2 aromatic rings. The summed E-state index contributed by atoms with van der Waals surface area (Å²) < 4.78 is -1.76. The third-order valence-electron chi connectivity index (χ3n) is 5.01. The highest BCUT2D eigenvalue weighted by atomic mass is 32.2. The van der Waals surface area contributed by atoms with Gasteiger partial charge in [-0.1, -0.05) is 17.8 Å². The molecule has 0 radical (unpaired) electrons. The Morgan fingerprint density at radius 3 is 2.78 bits per heavy atom. The third kappa shape index (κ3) is 3.86. The van der Waals surface area contributed by atoms with Crippen LogP contribution in [0, 0.1) is 0 Å². The monoisotopic (exact) mass is 496 g/mol. The smallest absolute Gasteiger partial charge is 0.352 e. The predicted molar refractivity (Wildman–Crippen MR) is 114 cm³/mol. The number of thiophene rings is 1. The van der Waals surface area contributed by atoms with Crippen molar-refractivity contribution in [3.63, 3.8) is 0 Å². The summed E-state index contributed by atoms with van der Waals surface area (Å²) in [6.07, 6.45) is 0.115. The van der Waals surface area contributed by atoms with Gasteiger partial charge in [-0.25, -0.2) is 4.79 Å². The van der Waals surface area contributed by atoms with E-state index in [1.165, 1.54) is 30.0 Å². The molecule has 12 nitrogen and oxygen atoms in total. The second-order valence-corrected chi connectivity index (χ2v) is 10.5. The first-order valence-corrected chi connectivity index (χ1v) is 11.9. The number of carboxylic acid groups (broad SMARTS) is 2. The van der Waals surface area contributed by atoms with Crippen LogP contribution in [0.5, 0.6) is 0 Å². The average Bonchev–Trinajstić information content (AvgIpc) is 3.44. The predicted octanol–water partition coefficient (Wildman–Crippen LogP) is 0.178. The van der Waals surface area contributed by atoms with Gasteiger partial charge in [0.2, 0.25) is 11.1 Å². The number of fused-ring (bicyclic) bond motifs is 1. The number of rotatable bonds is 8. The first-order valence-electron chi connectivity index (χ1n) is 9.11. The van der Waals surface area contributed by atoms with Crippen molar-refractivity contribution in [3.05, 3.63) is 33.7 Å². The van der Waals surface area contributed by atoms with Gasteiger partial charge in [-0.15, -0.1) is 33.3 Å². The van der Waals surface area contributed by atoms with Crippen molar-refractivity contribution in [2.75, 3.05) is 5.75 Å².